The average Bonchev–Trinajstić information content (AvgIpc) is 3.05. The molecular weight excluding hydrogens is 262 g/mol. The SMILES string of the molecule is COC(=O)c1ccc(-c2ccc(-c3ccccc3)[nH]2)cc1. The highest BCUT2D eigenvalue weighted by Gasteiger charge is 2.07. The molecule has 0 amide bonds. The van der Waals surface area contributed by atoms with Crippen molar-refractivity contribution < 1.29 is 9.53 Å². The molecule has 0 saturated carbocycles. The molecule has 1 N–H and O–H groups in total. The predicted molar refractivity (Wildman–Crippen MR) is 83.0 cm³/mol. The molecule has 0 aliphatic carbocycles. The van der Waals surface area contributed by atoms with Crippen LogP contribution in [0.25, 0.3) is 22.5 Å². The van der Waals surface area contributed by atoms with Crippen LogP contribution in [0.3, 0.4) is 0 Å². The summed E-state index contributed by atoms with van der Waals surface area (Å²) in [6.45, 7) is 0. The van der Waals surface area contributed by atoms with Crippen LogP contribution in [0.5, 0.6) is 0 Å². The Kier molecular flexibility index (Phi) is 3.56. The number of methoxy groups -OCH3 is 1. The van der Waals surface area contributed by atoms with Gasteiger partial charge in [0.1, 0.15) is 0 Å². The van der Waals surface area contributed by atoms with Crippen molar-refractivity contribution in [1.82, 2.24) is 4.98 Å². The quantitative estimate of drug-likeness (QED) is 0.731. The van der Waals surface area contributed by atoms with Gasteiger partial charge in [-0.1, -0.05) is 42.5 Å². The third kappa shape index (κ3) is 2.72. The maximum absolute atomic E-state index is 11.4. The fraction of sp³-hybridized carbons (Fsp3) is 0.0556. The maximum atomic E-state index is 11.4. The van der Waals surface area contributed by atoms with Gasteiger partial charge < -0.3 is 9.72 Å². The Balaban J connectivity index is 1.88. The Bertz CT molecular complexity index is 742. The second-order valence-corrected chi connectivity index (χ2v) is 4.72. The third-order valence-electron chi connectivity index (χ3n) is 3.39. The molecule has 104 valence electrons. The zero-order chi connectivity index (χ0) is 14.7. The normalized spacial score (nSPS) is 10.3. The van der Waals surface area contributed by atoms with Gasteiger partial charge >= 0.3 is 5.97 Å². The summed E-state index contributed by atoms with van der Waals surface area (Å²) in [5.74, 6) is -0.321. The number of carbonyl (C=O) groups excluding carboxylic acids is 1. The maximum Gasteiger partial charge on any atom is 0.337 e. The topological polar surface area (TPSA) is 42.1 Å². The van der Waals surface area contributed by atoms with E-state index in [2.05, 4.69) is 23.2 Å². The van der Waals surface area contributed by atoms with E-state index in [1.165, 1.54) is 7.11 Å². The number of carbonyl (C=O) groups is 1. The molecule has 0 aliphatic rings. The number of hydrogen-bond acceptors (Lipinski definition) is 2. The number of aromatic nitrogens is 1. The van der Waals surface area contributed by atoms with E-state index in [1.807, 2.05) is 36.4 Å². The Morgan fingerprint density at radius 3 is 1.95 bits per heavy atom. The molecule has 1 heterocycles. The molecule has 0 atom stereocenters. The Labute approximate surface area is 123 Å². The third-order valence-corrected chi connectivity index (χ3v) is 3.39. The van der Waals surface area contributed by atoms with Crippen molar-refractivity contribution in [3.63, 3.8) is 0 Å². The minimum Gasteiger partial charge on any atom is -0.465 e. The summed E-state index contributed by atoms with van der Waals surface area (Å²) in [4.78, 5) is 14.8. The predicted octanol–water partition coefficient (Wildman–Crippen LogP) is 4.14. The van der Waals surface area contributed by atoms with E-state index < -0.39 is 0 Å². The first kappa shape index (κ1) is 13.2. The number of aromatic amines is 1. The molecule has 1 aromatic heterocycles. The lowest BCUT2D eigenvalue weighted by Gasteiger charge is -2.02. The van der Waals surface area contributed by atoms with Gasteiger partial charge in [0.2, 0.25) is 0 Å². The number of ether oxygens (including phenoxy) is 1. The summed E-state index contributed by atoms with van der Waals surface area (Å²) < 4.78 is 4.70. The van der Waals surface area contributed by atoms with Crippen molar-refractivity contribution >= 4 is 5.97 Å². The molecule has 0 unspecified atom stereocenters. The smallest absolute Gasteiger partial charge is 0.337 e. The summed E-state index contributed by atoms with van der Waals surface area (Å²) in [7, 11) is 1.38. The molecule has 0 fully saturated rings. The van der Waals surface area contributed by atoms with Gasteiger partial charge in [0, 0.05) is 11.4 Å². The highest BCUT2D eigenvalue weighted by atomic mass is 16.5. The monoisotopic (exact) mass is 277 g/mol. The molecule has 3 rings (SSSR count). The first-order valence-electron chi connectivity index (χ1n) is 6.71. The van der Waals surface area contributed by atoms with Gasteiger partial charge in [-0.15, -0.1) is 0 Å². The van der Waals surface area contributed by atoms with Crippen molar-refractivity contribution in [2.24, 2.45) is 0 Å². The van der Waals surface area contributed by atoms with E-state index in [0.29, 0.717) is 5.56 Å². The van der Waals surface area contributed by atoms with E-state index in [0.717, 1.165) is 22.5 Å². The highest BCUT2D eigenvalue weighted by molar-refractivity contribution is 5.89. The second kappa shape index (κ2) is 5.67. The Morgan fingerprint density at radius 2 is 1.38 bits per heavy atom. The number of H-pyrrole nitrogens is 1. The fourth-order valence-electron chi connectivity index (χ4n) is 2.25. The summed E-state index contributed by atoms with van der Waals surface area (Å²) in [5, 5.41) is 0. The van der Waals surface area contributed by atoms with Gasteiger partial charge in [-0.2, -0.15) is 0 Å². The lowest BCUT2D eigenvalue weighted by molar-refractivity contribution is 0.0601. The summed E-state index contributed by atoms with van der Waals surface area (Å²) in [6.07, 6.45) is 0. The van der Waals surface area contributed by atoms with Crippen molar-refractivity contribution in [3.8, 4) is 22.5 Å². The van der Waals surface area contributed by atoms with E-state index in [-0.39, 0.29) is 5.97 Å². The van der Waals surface area contributed by atoms with Crippen LogP contribution in [0.1, 0.15) is 10.4 Å². The van der Waals surface area contributed by atoms with Gasteiger partial charge in [0.05, 0.1) is 12.7 Å². The van der Waals surface area contributed by atoms with E-state index in [4.69, 9.17) is 4.74 Å². The number of hydrogen-bond donors (Lipinski definition) is 1. The van der Waals surface area contributed by atoms with Gasteiger partial charge in [-0.25, -0.2) is 4.79 Å². The zero-order valence-electron chi connectivity index (χ0n) is 11.7. The number of benzene rings is 2. The molecule has 0 bridgehead atoms. The first-order valence-corrected chi connectivity index (χ1v) is 6.71. The molecule has 0 aliphatic heterocycles. The van der Waals surface area contributed by atoms with Gasteiger partial charge in [-0.05, 0) is 35.4 Å². The molecule has 3 aromatic rings. The molecule has 21 heavy (non-hydrogen) atoms. The van der Waals surface area contributed by atoms with Crippen molar-refractivity contribution in [1.29, 1.82) is 0 Å². The molecule has 0 radical (unpaired) electrons. The summed E-state index contributed by atoms with van der Waals surface area (Å²) in [6, 6.07) is 21.6. The lowest BCUT2D eigenvalue weighted by Crippen LogP contribution is -2.00. The van der Waals surface area contributed by atoms with E-state index >= 15 is 0 Å². The highest BCUT2D eigenvalue weighted by Crippen LogP contribution is 2.24. The Morgan fingerprint density at radius 1 is 0.810 bits per heavy atom. The summed E-state index contributed by atoms with van der Waals surface area (Å²) in [5.41, 5.74) is 4.82. The fourth-order valence-corrected chi connectivity index (χ4v) is 2.25. The molecular formula is C18H15NO2. The van der Waals surface area contributed by atoms with Crippen LogP contribution >= 0.6 is 0 Å². The average molecular weight is 277 g/mol. The van der Waals surface area contributed by atoms with Crippen molar-refractivity contribution in [3.05, 3.63) is 72.3 Å². The van der Waals surface area contributed by atoms with Gasteiger partial charge in [0.25, 0.3) is 0 Å². The number of rotatable bonds is 3. The molecule has 3 nitrogen and oxygen atoms in total. The molecule has 3 heteroatoms. The van der Waals surface area contributed by atoms with Crippen LogP contribution in [0.15, 0.2) is 66.7 Å². The van der Waals surface area contributed by atoms with Crippen molar-refractivity contribution in [2.75, 3.05) is 7.11 Å². The zero-order valence-corrected chi connectivity index (χ0v) is 11.7. The second-order valence-electron chi connectivity index (χ2n) is 4.72. The van der Waals surface area contributed by atoms with Crippen LogP contribution in [-0.4, -0.2) is 18.1 Å². The minimum atomic E-state index is -0.321. The lowest BCUT2D eigenvalue weighted by atomic mass is 10.1. The van der Waals surface area contributed by atoms with Crippen LogP contribution in [0.4, 0.5) is 0 Å². The number of nitrogens with one attached hydrogen (secondary N) is 1. The molecule has 2 aromatic carbocycles. The molecule has 0 saturated heterocycles. The first-order chi connectivity index (χ1) is 10.3. The van der Waals surface area contributed by atoms with E-state index in [1.54, 1.807) is 12.1 Å². The van der Waals surface area contributed by atoms with Gasteiger partial charge in [-0.3, -0.25) is 0 Å². The largest absolute Gasteiger partial charge is 0.465 e. The van der Waals surface area contributed by atoms with Crippen LogP contribution in [0.2, 0.25) is 0 Å². The summed E-state index contributed by atoms with van der Waals surface area (Å²) >= 11 is 0. The minimum absolute atomic E-state index is 0.321. The van der Waals surface area contributed by atoms with Gasteiger partial charge in [0.15, 0.2) is 0 Å². The Hall–Kier alpha value is -2.81. The standard InChI is InChI=1S/C18H15NO2/c1-21-18(20)15-9-7-14(8-10-15)17-12-11-16(19-17)13-5-3-2-4-6-13/h2-12,19H,1H3. The van der Waals surface area contributed by atoms with E-state index in [9.17, 15) is 4.79 Å². The van der Waals surface area contributed by atoms with Crippen LogP contribution in [0, 0.1) is 0 Å². The van der Waals surface area contributed by atoms with Crippen LogP contribution in [-0.2, 0) is 4.74 Å². The van der Waals surface area contributed by atoms with Crippen molar-refractivity contribution in [2.45, 2.75) is 0 Å². The van der Waals surface area contributed by atoms with Crippen LogP contribution < -0.4 is 0 Å². The number of esters is 1. The molecule has 0 spiro atoms.